The van der Waals surface area contributed by atoms with Gasteiger partial charge in [-0.1, -0.05) is 27.7 Å². The molecule has 0 aliphatic carbocycles. The number of nitrogens with zero attached hydrogens (tertiary/aromatic N) is 1. The summed E-state index contributed by atoms with van der Waals surface area (Å²) < 4.78 is 0. The van der Waals surface area contributed by atoms with Crippen LogP contribution >= 0.6 is 0 Å². The first-order chi connectivity index (χ1) is 13.9. The Kier molecular flexibility index (Phi) is 9.70. The highest BCUT2D eigenvalue weighted by molar-refractivity contribution is 5.94. The van der Waals surface area contributed by atoms with Gasteiger partial charge in [-0.25, -0.2) is 4.79 Å². The van der Waals surface area contributed by atoms with Crippen molar-refractivity contribution < 1.29 is 29.4 Å². The molecule has 1 heterocycles. The highest BCUT2D eigenvalue weighted by Gasteiger charge is 2.39. The lowest BCUT2D eigenvalue weighted by Gasteiger charge is -2.30. The maximum atomic E-state index is 13.0. The fourth-order valence-corrected chi connectivity index (χ4v) is 3.40. The van der Waals surface area contributed by atoms with Crippen molar-refractivity contribution in [2.45, 2.75) is 84.2 Å². The standard InChI is InChI=1S/C20H36N4O6/c1-10(2)9-13(19(28)24-8-6-7-14(24)20(29)30)22-18(27)16(12(5)25)23-17(26)15(21)11(3)4/h10-16,25H,6-9,21H2,1-5H3,(H,22,27)(H,23,26)(H,29,30). The molecule has 10 nitrogen and oxygen atoms in total. The maximum Gasteiger partial charge on any atom is 0.326 e. The second-order valence-electron chi connectivity index (χ2n) is 8.72. The molecule has 3 amide bonds. The van der Waals surface area contributed by atoms with E-state index in [-0.39, 0.29) is 11.8 Å². The van der Waals surface area contributed by atoms with Crippen LogP contribution in [0.1, 0.15) is 53.9 Å². The lowest BCUT2D eigenvalue weighted by molar-refractivity contribution is -0.149. The molecule has 1 aliphatic heterocycles. The minimum Gasteiger partial charge on any atom is -0.480 e. The third-order valence-electron chi connectivity index (χ3n) is 5.23. The first-order valence-corrected chi connectivity index (χ1v) is 10.4. The first-order valence-electron chi connectivity index (χ1n) is 10.4. The van der Waals surface area contributed by atoms with Gasteiger partial charge in [-0.2, -0.15) is 0 Å². The largest absolute Gasteiger partial charge is 0.480 e. The fraction of sp³-hybridized carbons (Fsp3) is 0.800. The van der Waals surface area contributed by atoms with Crippen LogP contribution in [0.15, 0.2) is 0 Å². The number of hydrogen-bond donors (Lipinski definition) is 5. The molecule has 0 spiro atoms. The predicted octanol–water partition coefficient (Wildman–Crippen LogP) is -0.558. The van der Waals surface area contributed by atoms with Crippen LogP contribution in [0.5, 0.6) is 0 Å². The minimum atomic E-state index is -1.29. The molecule has 172 valence electrons. The molecule has 0 aromatic heterocycles. The third kappa shape index (κ3) is 6.94. The molecule has 30 heavy (non-hydrogen) atoms. The molecule has 0 aromatic rings. The number of likely N-dealkylation sites (tertiary alicyclic amines) is 1. The average Bonchev–Trinajstić information content (AvgIpc) is 3.13. The molecule has 1 saturated heterocycles. The number of amides is 3. The molecule has 0 bridgehead atoms. The third-order valence-corrected chi connectivity index (χ3v) is 5.23. The zero-order chi connectivity index (χ0) is 23.2. The Labute approximate surface area is 177 Å². The van der Waals surface area contributed by atoms with Crippen molar-refractivity contribution >= 4 is 23.7 Å². The molecule has 1 aliphatic rings. The van der Waals surface area contributed by atoms with E-state index >= 15 is 0 Å². The van der Waals surface area contributed by atoms with Gasteiger partial charge in [0.1, 0.15) is 18.1 Å². The molecule has 0 aromatic carbocycles. The molecule has 0 saturated carbocycles. The number of carboxylic acids is 1. The fourth-order valence-electron chi connectivity index (χ4n) is 3.40. The van der Waals surface area contributed by atoms with Crippen LogP contribution in [0.4, 0.5) is 0 Å². The van der Waals surface area contributed by atoms with Crippen molar-refractivity contribution in [1.29, 1.82) is 0 Å². The number of aliphatic hydroxyl groups is 1. The van der Waals surface area contributed by atoms with Gasteiger partial charge in [0.05, 0.1) is 12.1 Å². The van der Waals surface area contributed by atoms with Crippen LogP contribution in [0.3, 0.4) is 0 Å². The van der Waals surface area contributed by atoms with Crippen LogP contribution in [-0.2, 0) is 19.2 Å². The van der Waals surface area contributed by atoms with Gasteiger partial charge in [-0.05, 0) is 38.0 Å². The summed E-state index contributed by atoms with van der Waals surface area (Å²) >= 11 is 0. The number of nitrogens with two attached hydrogens (primary N) is 1. The van der Waals surface area contributed by atoms with Gasteiger partial charge in [0.15, 0.2) is 0 Å². The van der Waals surface area contributed by atoms with Crippen LogP contribution in [0.25, 0.3) is 0 Å². The van der Waals surface area contributed by atoms with E-state index in [2.05, 4.69) is 10.6 Å². The molecule has 10 heteroatoms. The van der Waals surface area contributed by atoms with E-state index in [1.165, 1.54) is 11.8 Å². The second-order valence-corrected chi connectivity index (χ2v) is 8.72. The normalized spacial score (nSPS) is 20.6. The molecule has 5 unspecified atom stereocenters. The van der Waals surface area contributed by atoms with Crippen molar-refractivity contribution in [3.8, 4) is 0 Å². The summed E-state index contributed by atoms with van der Waals surface area (Å²) in [7, 11) is 0. The highest BCUT2D eigenvalue weighted by Crippen LogP contribution is 2.20. The summed E-state index contributed by atoms with van der Waals surface area (Å²) in [5.41, 5.74) is 5.81. The molecular formula is C20H36N4O6. The molecule has 0 radical (unpaired) electrons. The van der Waals surface area contributed by atoms with Crippen molar-refractivity contribution in [2.75, 3.05) is 6.54 Å². The van der Waals surface area contributed by atoms with Gasteiger partial charge >= 0.3 is 5.97 Å². The topological polar surface area (TPSA) is 162 Å². The molecule has 1 rings (SSSR count). The number of carboxylic acid groups (broad SMARTS) is 1. The Morgan fingerprint density at radius 3 is 2.13 bits per heavy atom. The summed E-state index contributed by atoms with van der Waals surface area (Å²) in [6.07, 6.45) is 0.00825. The van der Waals surface area contributed by atoms with E-state index in [1.807, 2.05) is 13.8 Å². The number of aliphatic hydroxyl groups excluding tert-OH is 1. The van der Waals surface area contributed by atoms with E-state index in [1.54, 1.807) is 13.8 Å². The van der Waals surface area contributed by atoms with Crippen LogP contribution < -0.4 is 16.4 Å². The van der Waals surface area contributed by atoms with Gasteiger partial charge in [0.2, 0.25) is 17.7 Å². The second kappa shape index (κ2) is 11.3. The average molecular weight is 429 g/mol. The minimum absolute atomic E-state index is 0.0408. The van der Waals surface area contributed by atoms with Crippen molar-refractivity contribution in [1.82, 2.24) is 15.5 Å². The Bertz CT molecular complexity index is 637. The predicted molar refractivity (Wildman–Crippen MR) is 110 cm³/mol. The maximum absolute atomic E-state index is 13.0. The van der Waals surface area contributed by atoms with Crippen molar-refractivity contribution in [3.05, 3.63) is 0 Å². The molecule has 6 N–H and O–H groups in total. The summed E-state index contributed by atoms with van der Waals surface area (Å²) in [4.78, 5) is 50.8. The first kappa shape index (κ1) is 25.8. The monoisotopic (exact) mass is 428 g/mol. The SMILES string of the molecule is CC(C)CC(NC(=O)C(NC(=O)C(N)C(C)C)C(C)O)C(=O)N1CCCC1C(=O)O. The summed E-state index contributed by atoms with van der Waals surface area (Å²) in [5, 5.41) is 24.4. The molecule has 5 atom stereocenters. The zero-order valence-electron chi connectivity index (χ0n) is 18.4. The number of carbonyl (C=O) groups is 4. The molecule has 1 fully saturated rings. The Morgan fingerprint density at radius 1 is 1.07 bits per heavy atom. The van der Waals surface area contributed by atoms with Crippen LogP contribution in [0.2, 0.25) is 0 Å². The van der Waals surface area contributed by atoms with Gasteiger partial charge in [0.25, 0.3) is 0 Å². The van der Waals surface area contributed by atoms with Gasteiger partial charge in [0, 0.05) is 6.54 Å². The lowest BCUT2D eigenvalue weighted by Crippen LogP contribution is -2.60. The number of rotatable bonds is 10. The number of aliphatic carboxylic acids is 1. The van der Waals surface area contributed by atoms with Gasteiger partial charge < -0.3 is 31.5 Å². The van der Waals surface area contributed by atoms with Gasteiger partial charge in [-0.15, -0.1) is 0 Å². The Hall–Kier alpha value is -2.20. The Balaban J connectivity index is 2.98. The Morgan fingerprint density at radius 2 is 1.67 bits per heavy atom. The van der Waals surface area contributed by atoms with E-state index in [4.69, 9.17) is 5.73 Å². The van der Waals surface area contributed by atoms with Crippen LogP contribution in [-0.4, -0.2) is 75.6 Å². The number of carbonyl (C=O) groups excluding carboxylic acids is 3. The van der Waals surface area contributed by atoms with Crippen LogP contribution in [0, 0.1) is 11.8 Å². The van der Waals surface area contributed by atoms with Crippen molar-refractivity contribution in [3.63, 3.8) is 0 Å². The smallest absolute Gasteiger partial charge is 0.326 e. The van der Waals surface area contributed by atoms with E-state index in [9.17, 15) is 29.4 Å². The zero-order valence-corrected chi connectivity index (χ0v) is 18.4. The number of nitrogens with one attached hydrogen (secondary N) is 2. The highest BCUT2D eigenvalue weighted by atomic mass is 16.4. The summed E-state index contributed by atoms with van der Waals surface area (Å²) in [6.45, 7) is 8.93. The summed E-state index contributed by atoms with van der Waals surface area (Å²) in [6, 6.07) is -4.03. The van der Waals surface area contributed by atoms with E-state index < -0.39 is 54.0 Å². The number of hydrogen-bond acceptors (Lipinski definition) is 6. The quantitative estimate of drug-likeness (QED) is 0.311. The van der Waals surface area contributed by atoms with E-state index in [0.29, 0.717) is 25.8 Å². The lowest BCUT2D eigenvalue weighted by atomic mass is 10.0. The van der Waals surface area contributed by atoms with Crippen molar-refractivity contribution in [2.24, 2.45) is 17.6 Å². The van der Waals surface area contributed by atoms with Gasteiger partial charge in [-0.3, -0.25) is 14.4 Å². The van der Waals surface area contributed by atoms with E-state index in [0.717, 1.165) is 0 Å². The summed E-state index contributed by atoms with van der Waals surface area (Å²) in [5.74, 6) is -2.98. The molecular weight excluding hydrogens is 392 g/mol.